The molecule has 2 amide bonds. The second-order valence-corrected chi connectivity index (χ2v) is 8.09. The molecule has 2 heterocycles. The van der Waals surface area contributed by atoms with Crippen molar-refractivity contribution in [2.24, 2.45) is 0 Å². The van der Waals surface area contributed by atoms with Gasteiger partial charge in [-0.1, -0.05) is 35.3 Å². The van der Waals surface area contributed by atoms with Crippen molar-refractivity contribution in [3.8, 4) is 0 Å². The van der Waals surface area contributed by atoms with Gasteiger partial charge in [-0.25, -0.2) is 4.39 Å². The van der Waals surface area contributed by atoms with E-state index in [0.29, 0.717) is 21.3 Å². The quantitative estimate of drug-likeness (QED) is 0.773. The number of carbonyl (C=O) groups is 2. The zero-order chi connectivity index (χ0) is 20.6. The summed E-state index contributed by atoms with van der Waals surface area (Å²) in [4.78, 5) is 29.1. The van der Waals surface area contributed by atoms with Crippen LogP contribution in [-0.4, -0.2) is 30.0 Å². The largest absolute Gasteiger partial charge is 0.369 e. The first kappa shape index (κ1) is 20.1. The van der Waals surface area contributed by atoms with E-state index in [1.54, 1.807) is 24.3 Å². The van der Waals surface area contributed by atoms with Gasteiger partial charge in [-0.05, 0) is 36.6 Å². The molecule has 1 spiro atoms. The SMILES string of the molecule is O=C1COCC2(CCC(F)(C(=O)NCc3ccc(Cl)cc3Cl)c3cccnc32)N1. The second kappa shape index (κ2) is 7.55. The molecule has 152 valence electrons. The third-order valence-corrected chi connectivity index (χ3v) is 5.95. The minimum Gasteiger partial charge on any atom is -0.369 e. The Morgan fingerprint density at radius 2 is 2.14 bits per heavy atom. The van der Waals surface area contributed by atoms with Gasteiger partial charge in [-0.2, -0.15) is 0 Å². The van der Waals surface area contributed by atoms with Crippen molar-refractivity contribution < 1.29 is 18.7 Å². The van der Waals surface area contributed by atoms with E-state index in [9.17, 15) is 9.59 Å². The number of fused-ring (bicyclic) bond motifs is 2. The summed E-state index contributed by atoms with van der Waals surface area (Å²) in [5.41, 5.74) is -2.13. The van der Waals surface area contributed by atoms with Gasteiger partial charge in [-0.15, -0.1) is 0 Å². The predicted molar refractivity (Wildman–Crippen MR) is 105 cm³/mol. The molecule has 4 rings (SSSR count). The minimum absolute atomic E-state index is 0.0486. The third kappa shape index (κ3) is 3.58. The van der Waals surface area contributed by atoms with Gasteiger partial charge in [0.25, 0.3) is 5.91 Å². The van der Waals surface area contributed by atoms with Gasteiger partial charge >= 0.3 is 0 Å². The van der Waals surface area contributed by atoms with Crippen LogP contribution in [0.1, 0.15) is 29.7 Å². The third-order valence-electron chi connectivity index (χ3n) is 5.36. The summed E-state index contributed by atoms with van der Waals surface area (Å²) in [6.07, 6.45) is 1.59. The number of amides is 2. The van der Waals surface area contributed by atoms with Gasteiger partial charge in [0.1, 0.15) is 12.1 Å². The number of benzene rings is 1. The van der Waals surface area contributed by atoms with Crippen molar-refractivity contribution in [3.05, 3.63) is 63.4 Å². The highest BCUT2D eigenvalue weighted by atomic mass is 35.5. The van der Waals surface area contributed by atoms with Gasteiger partial charge in [0, 0.05) is 28.4 Å². The van der Waals surface area contributed by atoms with Crippen LogP contribution in [0.2, 0.25) is 10.0 Å². The van der Waals surface area contributed by atoms with E-state index in [1.807, 2.05) is 0 Å². The molecule has 2 atom stereocenters. The molecule has 1 saturated heterocycles. The molecular weight excluding hydrogens is 420 g/mol. The molecule has 1 aliphatic carbocycles. The molecule has 0 saturated carbocycles. The molecule has 1 aromatic heterocycles. The summed E-state index contributed by atoms with van der Waals surface area (Å²) < 4.78 is 21.4. The van der Waals surface area contributed by atoms with Gasteiger partial charge in [0.2, 0.25) is 11.6 Å². The fraction of sp³-hybridized carbons (Fsp3) is 0.350. The molecule has 6 nitrogen and oxygen atoms in total. The van der Waals surface area contributed by atoms with Crippen LogP contribution < -0.4 is 10.6 Å². The maximum absolute atomic E-state index is 16.0. The zero-order valence-corrected chi connectivity index (χ0v) is 16.8. The summed E-state index contributed by atoms with van der Waals surface area (Å²) in [5, 5.41) is 6.36. The maximum atomic E-state index is 16.0. The number of ether oxygens (including phenoxy) is 1. The Bertz CT molecular complexity index is 989. The Labute approximate surface area is 176 Å². The lowest BCUT2D eigenvalue weighted by atomic mass is 9.72. The van der Waals surface area contributed by atoms with Gasteiger partial charge < -0.3 is 15.4 Å². The molecule has 2 unspecified atom stereocenters. The van der Waals surface area contributed by atoms with Crippen LogP contribution in [0.5, 0.6) is 0 Å². The number of hydrogen-bond donors (Lipinski definition) is 2. The Balaban J connectivity index is 1.61. The Morgan fingerprint density at radius 1 is 1.31 bits per heavy atom. The summed E-state index contributed by atoms with van der Waals surface area (Å²) in [7, 11) is 0. The normalized spacial score (nSPS) is 26.0. The predicted octanol–water partition coefficient (Wildman–Crippen LogP) is 3.01. The van der Waals surface area contributed by atoms with Crippen molar-refractivity contribution in [1.29, 1.82) is 0 Å². The van der Waals surface area contributed by atoms with E-state index >= 15 is 4.39 Å². The van der Waals surface area contributed by atoms with Crippen LogP contribution in [0.25, 0.3) is 0 Å². The number of nitrogens with zero attached hydrogens (tertiary/aromatic N) is 1. The molecule has 9 heteroatoms. The number of carbonyl (C=O) groups excluding carboxylic acids is 2. The smallest absolute Gasteiger partial charge is 0.262 e. The molecule has 1 aromatic carbocycles. The van der Waals surface area contributed by atoms with Crippen LogP contribution >= 0.6 is 23.2 Å². The van der Waals surface area contributed by atoms with Gasteiger partial charge in [0.05, 0.1) is 12.3 Å². The van der Waals surface area contributed by atoms with Crippen LogP contribution in [-0.2, 0) is 32.1 Å². The van der Waals surface area contributed by atoms with Crippen LogP contribution in [0, 0.1) is 0 Å². The van der Waals surface area contributed by atoms with Crippen LogP contribution in [0.15, 0.2) is 36.5 Å². The molecule has 29 heavy (non-hydrogen) atoms. The lowest BCUT2D eigenvalue weighted by Crippen LogP contribution is -2.59. The first-order valence-electron chi connectivity index (χ1n) is 9.10. The van der Waals surface area contributed by atoms with Crippen molar-refractivity contribution in [2.45, 2.75) is 30.6 Å². The Hall–Kier alpha value is -2.22. The minimum atomic E-state index is -2.28. The highest BCUT2D eigenvalue weighted by Gasteiger charge is 2.54. The average molecular weight is 438 g/mol. The first-order valence-corrected chi connectivity index (χ1v) is 9.85. The van der Waals surface area contributed by atoms with Crippen molar-refractivity contribution in [1.82, 2.24) is 15.6 Å². The van der Waals surface area contributed by atoms with Crippen molar-refractivity contribution >= 4 is 35.0 Å². The number of alkyl halides is 1. The monoisotopic (exact) mass is 437 g/mol. The zero-order valence-electron chi connectivity index (χ0n) is 15.3. The molecule has 0 bridgehead atoms. The van der Waals surface area contributed by atoms with Gasteiger partial charge in [0.15, 0.2) is 0 Å². The molecular formula is C20H18Cl2FN3O3. The standard InChI is InChI=1S/C20H18Cl2FN3O3/c21-13-4-3-12(15(22)8-13)9-25-18(28)20(23)6-5-19(11-29-10-16(27)26-19)17-14(20)2-1-7-24-17/h1-4,7-8H,5-6,9-11H2,(H,25,28)(H,26,27). The Morgan fingerprint density at radius 3 is 2.90 bits per heavy atom. The average Bonchev–Trinajstić information content (AvgIpc) is 2.70. The highest BCUT2D eigenvalue weighted by Crippen LogP contribution is 2.46. The van der Waals surface area contributed by atoms with Gasteiger partial charge in [-0.3, -0.25) is 14.6 Å². The molecule has 2 aliphatic rings. The van der Waals surface area contributed by atoms with Crippen molar-refractivity contribution in [2.75, 3.05) is 13.2 Å². The maximum Gasteiger partial charge on any atom is 0.262 e. The highest BCUT2D eigenvalue weighted by molar-refractivity contribution is 6.35. The first-order chi connectivity index (χ1) is 13.8. The number of hydrogen-bond acceptors (Lipinski definition) is 4. The molecule has 0 radical (unpaired) electrons. The second-order valence-electron chi connectivity index (χ2n) is 7.24. The Kier molecular flexibility index (Phi) is 5.23. The summed E-state index contributed by atoms with van der Waals surface area (Å²) in [6, 6.07) is 7.98. The van der Waals surface area contributed by atoms with E-state index < -0.39 is 17.1 Å². The van der Waals surface area contributed by atoms with E-state index in [2.05, 4.69) is 15.6 Å². The van der Waals surface area contributed by atoms with E-state index in [1.165, 1.54) is 12.3 Å². The van der Waals surface area contributed by atoms with Crippen LogP contribution in [0.4, 0.5) is 4.39 Å². The number of morpholine rings is 1. The lowest BCUT2D eigenvalue weighted by Gasteiger charge is -2.44. The summed E-state index contributed by atoms with van der Waals surface area (Å²) in [6.45, 7) is 0.189. The van der Waals surface area contributed by atoms with E-state index in [4.69, 9.17) is 27.9 Å². The van der Waals surface area contributed by atoms with Crippen LogP contribution in [0.3, 0.4) is 0 Å². The van der Waals surface area contributed by atoms with Crippen molar-refractivity contribution in [3.63, 3.8) is 0 Å². The number of rotatable bonds is 3. The fourth-order valence-corrected chi connectivity index (χ4v) is 4.36. The van der Waals surface area contributed by atoms with E-state index in [-0.39, 0.29) is 44.1 Å². The summed E-state index contributed by atoms with van der Waals surface area (Å²) in [5.74, 6) is -1.07. The fourth-order valence-electron chi connectivity index (χ4n) is 3.88. The number of halogens is 3. The molecule has 2 N–H and O–H groups in total. The van der Waals surface area contributed by atoms with E-state index in [0.717, 1.165) is 0 Å². The number of nitrogens with one attached hydrogen (secondary N) is 2. The number of aromatic nitrogens is 1. The molecule has 1 fully saturated rings. The number of pyridine rings is 1. The molecule has 1 aliphatic heterocycles. The topological polar surface area (TPSA) is 80.3 Å². The molecule has 2 aromatic rings. The lowest BCUT2D eigenvalue weighted by molar-refractivity contribution is -0.140. The summed E-state index contributed by atoms with van der Waals surface area (Å²) >= 11 is 12.0.